The number of hydrogen-bond acceptors (Lipinski definition) is 4. The van der Waals surface area contributed by atoms with Crippen molar-refractivity contribution in [2.75, 3.05) is 13.1 Å². The van der Waals surface area contributed by atoms with E-state index in [2.05, 4.69) is 5.32 Å². The average molecular weight is 198 g/mol. The Labute approximate surface area is 83.7 Å². The van der Waals surface area contributed by atoms with Crippen LogP contribution in [0.1, 0.15) is 26.2 Å². The van der Waals surface area contributed by atoms with Crippen LogP contribution >= 0.6 is 0 Å². The molecule has 80 valence electrons. The molecule has 0 aromatic carbocycles. The molecule has 14 heavy (non-hydrogen) atoms. The summed E-state index contributed by atoms with van der Waals surface area (Å²) in [5.41, 5.74) is 0. The van der Waals surface area contributed by atoms with Gasteiger partial charge in [0.15, 0.2) is 0 Å². The first kappa shape index (κ1) is 11.2. The van der Waals surface area contributed by atoms with Gasteiger partial charge in [0.05, 0.1) is 11.9 Å². The highest BCUT2D eigenvalue weighted by atomic mass is 16.4. The number of carboxylic acid groups (broad SMARTS) is 1. The maximum absolute atomic E-state index is 11.7. The Morgan fingerprint density at radius 2 is 2.00 bits per heavy atom. The van der Waals surface area contributed by atoms with Gasteiger partial charge in [0.2, 0.25) is 0 Å². The van der Waals surface area contributed by atoms with E-state index in [0.717, 1.165) is 25.9 Å². The minimum Gasteiger partial charge on any atom is -0.549 e. The summed E-state index contributed by atoms with van der Waals surface area (Å²) in [6, 6.07) is 0. The predicted molar refractivity (Wildman–Crippen MR) is 49.4 cm³/mol. The molecule has 0 spiro atoms. The number of piperidine rings is 1. The van der Waals surface area contributed by atoms with E-state index in [0.29, 0.717) is 6.42 Å². The van der Waals surface area contributed by atoms with Gasteiger partial charge < -0.3 is 15.2 Å². The Kier molecular flexibility index (Phi) is 4.07. The molecular formula is C10H16NO3-. The van der Waals surface area contributed by atoms with E-state index >= 15 is 0 Å². The van der Waals surface area contributed by atoms with Crippen LogP contribution in [0.4, 0.5) is 0 Å². The first-order valence-electron chi connectivity index (χ1n) is 5.12. The summed E-state index contributed by atoms with van der Waals surface area (Å²) in [5.74, 6) is -2.36. The van der Waals surface area contributed by atoms with E-state index in [4.69, 9.17) is 0 Å². The van der Waals surface area contributed by atoms with Crippen LogP contribution in [0.5, 0.6) is 0 Å². The van der Waals surface area contributed by atoms with E-state index in [1.807, 2.05) is 0 Å². The van der Waals surface area contributed by atoms with Gasteiger partial charge >= 0.3 is 0 Å². The molecule has 1 rings (SSSR count). The molecule has 1 aliphatic heterocycles. The Balaban J connectivity index is 2.56. The second kappa shape index (κ2) is 5.10. The van der Waals surface area contributed by atoms with E-state index in [-0.39, 0.29) is 11.7 Å². The minimum atomic E-state index is -1.23. The minimum absolute atomic E-state index is 0.0842. The van der Waals surface area contributed by atoms with Gasteiger partial charge in [-0.3, -0.25) is 4.79 Å². The van der Waals surface area contributed by atoms with Gasteiger partial charge in [-0.2, -0.15) is 0 Å². The largest absolute Gasteiger partial charge is 0.549 e. The highest BCUT2D eigenvalue weighted by molar-refractivity contribution is 5.98. The number of Topliss-reactive ketones (excluding diaryl/α,β-unsaturated/α-hetero) is 1. The summed E-state index contributed by atoms with van der Waals surface area (Å²) in [4.78, 5) is 22.4. The Hall–Kier alpha value is -0.900. The average Bonchev–Trinajstić information content (AvgIpc) is 2.19. The molecule has 1 saturated heterocycles. The molecule has 4 heteroatoms. The number of rotatable bonds is 4. The Bertz CT molecular complexity index is 221. The van der Waals surface area contributed by atoms with Crippen molar-refractivity contribution in [1.29, 1.82) is 0 Å². The predicted octanol–water partition coefficient (Wildman–Crippen LogP) is -0.669. The number of aliphatic carboxylic acids is 1. The highest BCUT2D eigenvalue weighted by Gasteiger charge is 2.27. The van der Waals surface area contributed by atoms with Crippen molar-refractivity contribution in [1.82, 2.24) is 5.32 Å². The second-order valence-corrected chi connectivity index (χ2v) is 3.71. The van der Waals surface area contributed by atoms with E-state index in [9.17, 15) is 14.7 Å². The SMILES string of the molecule is CCC(C(=O)[O-])C(=O)C1CCNCC1. The molecule has 1 N–H and O–H groups in total. The summed E-state index contributed by atoms with van der Waals surface area (Å²) < 4.78 is 0. The molecule has 1 fully saturated rings. The smallest absolute Gasteiger partial charge is 0.144 e. The van der Waals surface area contributed by atoms with Crippen molar-refractivity contribution in [3.8, 4) is 0 Å². The number of carbonyl (C=O) groups excluding carboxylic acids is 2. The molecule has 0 aromatic rings. The van der Waals surface area contributed by atoms with Crippen molar-refractivity contribution >= 4 is 11.8 Å². The first-order valence-corrected chi connectivity index (χ1v) is 5.12. The van der Waals surface area contributed by atoms with Crippen molar-refractivity contribution in [3.05, 3.63) is 0 Å². The Morgan fingerprint density at radius 1 is 1.43 bits per heavy atom. The maximum atomic E-state index is 11.7. The summed E-state index contributed by atoms with van der Waals surface area (Å²) >= 11 is 0. The van der Waals surface area contributed by atoms with Crippen LogP contribution < -0.4 is 10.4 Å². The van der Waals surface area contributed by atoms with Crippen LogP contribution in [0.3, 0.4) is 0 Å². The van der Waals surface area contributed by atoms with Crippen molar-refractivity contribution in [3.63, 3.8) is 0 Å². The zero-order valence-corrected chi connectivity index (χ0v) is 8.41. The second-order valence-electron chi connectivity index (χ2n) is 3.71. The fourth-order valence-electron chi connectivity index (χ4n) is 1.87. The van der Waals surface area contributed by atoms with Gasteiger partial charge in [0.1, 0.15) is 5.78 Å². The van der Waals surface area contributed by atoms with E-state index < -0.39 is 11.9 Å². The van der Waals surface area contributed by atoms with Crippen LogP contribution in [-0.2, 0) is 9.59 Å². The summed E-state index contributed by atoms with van der Waals surface area (Å²) in [6.45, 7) is 3.32. The molecule has 0 radical (unpaired) electrons. The topological polar surface area (TPSA) is 69.2 Å². The number of carboxylic acids is 1. The quantitative estimate of drug-likeness (QED) is 0.608. The van der Waals surface area contributed by atoms with Crippen LogP contribution in [0.15, 0.2) is 0 Å². The molecule has 0 bridgehead atoms. The molecule has 1 heterocycles. The van der Waals surface area contributed by atoms with Gasteiger partial charge in [-0.1, -0.05) is 6.92 Å². The molecule has 0 aliphatic carbocycles. The zero-order valence-electron chi connectivity index (χ0n) is 8.41. The van der Waals surface area contributed by atoms with Gasteiger partial charge in [0.25, 0.3) is 0 Å². The lowest BCUT2D eigenvalue weighted by molar-refractivity contribution is -0.310. The molecule has 0 amide bonds. The molecule has 1 aliphatic rings. The highest BCUT2D eigenvalue weighted by Crippen LogP contribution is 2.19. The fourth-order valence-corrected chi connectivity index (χ4v) is 1.87. The summed E-state index contributed by atoms with van der Waals surface area (Å²) in [7, 11) is 0. The molecule has 0 saturated carbocycles. The number of hydrogen-bond donors (Lipinski definition) is 1. The molecular weight excluding hydrogens is 182 g/mol. The van der Waals surface area contributed by atoms with Crippen LogP contribution in [0, 0.1) is 11.8 Å². The normalized spacial score (nSPS) is 20.4. The monoisotopic (exact) mass is 198 g/mol. The Morgan fingerprint density at radius 3 is 2.43 bits per heavy atom. The standard InChI is InChI=1S/C10H17NO3/c1-2-8(10(13)14)9(12)7-3-5-11-6-4-7/h7-8,11H,2-6H2,1H3,(H,13,14)/p-1. The summed E-state index contributed by atoms with van der Waals surface area (Å²) in [6.07, 6.45) is 1.84. The first-order chi connectivity index (χ1) is 6.66. The number of carbonyl (C=O) groups is 2. The van der Waals surface area contributed by atoms with E-state index in [1.54, 1.807) is 6.92 Å². The van der Waals surface area contributed by atoms with Gasteiger partial charge in [-0.05, 0) is 32.4 Å². The third-order valence-electron chi connectivity index (χ3n) is 2.78. The molecule has 0 aromatic heterocycles. The molecule has 1 atom stereocenters. The maximum Gasteiger partial charge on any atom is 0.144 e. The van der Waals surface area contributed by atoms with Crippen LogP contribution in [-0.4, -0.2) is 24.8 Å². The molecule has 4 nitrogen and oxygen atoms in total. The van der Waals surface area contributed by atoms with Gasteiger partial charge in [-0.25, -0.2) is 0 Å². The van der Waals surface area contributed by atoms with Gasteiger partial charge in [0, 0.05) is 5.92 Å². The lowest BCUT2D eigenvalue weighted by Gasteiger charge is -2.25. The van der Waals surface area contributed by atoms with Crippen LogP contribution in [0.25, 0.3) is 0 Å². The number of nitrogens with one attached hydrogen (secondary N) is 1. The lowest BCUT2D eigenvalue weighted by Crippen LogP contribution is -2.41. The van der Waals surface area contributed by atoms with E-state index in [1.165, 1.54) is 0 Å². The van der Waals surface area contributed by atoms with Crippen LogP contribution in [0.2, 0.25) is 0 Å². The third kappa shape index (κ3) is 2.54. The van der Waals surface area contributed by atoms with Gasteiger partial charge in [-0.15, -0.1) is 0 Å². The summed E-state index contributed by atoms with van der Waals surface area (Å²) in [5, 5.41) is 13.8. The lowest BCUT2D eigenvalue weighted by atomic mass is 9.85. The van der Waals surface area contributed by atoms with Crippen molar-refractivity contribution in [2.24, 2.45) is 11.8 Å². The molecule has 1 unspecified atom stereocenters. The number of ketones is 1. The van der Waals surface area contributed by atoms with Crippen molar-refractivity contribution in [2.45, 2.75) is 26.2 Å². The fraction of sp³-hybridized carbons (Fsp3) is 0.800. The zero-order chi connectivity index (χ0) is 10.6. The van der Waals surface area contributed by atoms with Crippen molar-refractivity contribution < 1.29 is 14.7 Å². The third-order valence-corrected chi connectivity index (χ3v) is 2.78.